The summed E-state index contributed by atoms with van der Waals surface area (Å²) in [5.74, 6) is 1.04. The van der Waals surface area contributed by atoms with Crippen molar-refractivity contribution >= 4 is 50.1 Å². The summed E-state index contributed by atoms with van der Waals surface area (Å²) in [6.45, 7) is 6.75. The fourth-order valence-corrected chi connectivity index (χ4v) is 4.45. The predicted octanol–water partition coefficient (Wildman–Crippen LogP) is 6.41. The van der Waals surface area contributed by atoms with Crippen molar-refractivity contribution in [3.63, 3.8) is 0 Å². The lowest BCUT2D eigenvalue weighted by atomic mass is 10.0. The molecular weight excluding hydrogens is 368 g/mol. The second kappa shape index (κ2) is 7.71. The Morgan fingerprint density at radius 2 is 1.37 bits per heavy atom. The van der Waals surface area contributed by atoms with Gasteiger partial charge in [0.2, 0.25) is 0 Å². The van der Waals surface area contributed by atoms with Crippen LogP contribution in [0.5, 0.6) is 0 Å². The van der Waals surface area contributed by atoms with Gasteiger partial charge >= 0.3 is 0 Å². The van der Waals surface area contributed by atoms with E-state index >= 15 is 0 Å². The second-order valence-corrected chi connectivity index (χ2v) is 7.52. The third-order valence-electron chi connectivity index (χ3n) is 5.74. The number of nitrogens with one attached hydrogen (secondary N) is 2. The minimum Gasteiger partial charge on any atom is -0.385 e. The molecular formula is C26H26N4. The van der Waals surface area contributed by atoms with Crippen molar-refractivity contribution < 1.29 is 0 Å². The molecule has 5 rings (SSSR count). The molecule has 0 fully saturated rings. The van der Waals surface area contributed by atoms with Gasteiger partial charge in [-0.25, -0.2) is 4.99 Å². The van der Waals surface area contributed by atoms with Gasteiger partial charge in [-0.15, -0.1) is 0 Å². The number of aliphatic imine (C=N–C) groups is 1. The van der Waals surface area contributed by atoms with Crippen molar-refractivity contribution in [3.05, 3.63) is 72.8 Å². The summed E-state index contributed by atoms with van der Waals surface area (Å²) in [7, 11) is 0. The maximum atomic E-state index is 5.03. The zero-order valence-corrected chi connectivity index (χ0v) is 17.4. The average molecular weight is 395 g/mol. The second-order valence-electron chi connectivity index (χ2n) is 7.52. The van der Waals surface area contributed by atoms with Crippen LogP contribution in [0, 0.1) is 0 Å². The van der Waals surface area contributed by atoms with Crippen LogP contribution in [0.3, 0.4) is 0 Å². The summed E-state index contributed by atoms with van der Waals surface area (Å²) in [4.78, 5) is 7.35. The van der Waals surface area contributed by atoms with E-state index in [1.165, 1.54) is 27.2 Å². The van der Waals surface area contributed by atoms with Crippen molar-refractivity contribution in [1.82, 2.24) is 0 Å². The largest absolute Gasteiger partial charge is 0.385 e. The average Bonchev–Trinajstić information content (AvgIpc) is 2.78. The highest BCUT2D eigenvalue weighted by Crippen LogP contribution is 2.38. The standard InChI is InChI=1S/C26H26N4/c1-3-27-20-13-5-9-18-10-6-14-21(25(18)20)28-17-24-29-22-15-7-11-19-12-8-16-23(26(19)22)30(24)4-2/h5-16,27-28H,3-4,17H2,1-2H3. The molecule has 0 saturated carbocycles. The highest BCUT2D eigenvalue weighted by molar-refractivity contribution is 6.16. The third kappa shape index (κ3) is 3.05. The van der Waals surface area contributed by atoms with Crippen LogP contribution in [0.15, 0.2) is 77.8 Å². The highest BCUT2D eigenvalue weighted by Gasteiger charge is 2.21. The van der Waals surface area contributed by atoms with Gasteiger partial charge in [0.15, 0.2) is 0 Å². The lowest BCUT2D eigenvalue weighted by molar-refractivity contribution is 1.03. The van der Waals surface area contributed by atoms with Gasteiger partial charge in [0, 0.05) is 35.2 Å². The van der Waals surface area contributed by atoms with E-state index in [0.717, 1.165) is 36.0 Å². The molecule has 4 heteroatoms. The summed E-state index contributed by atoms with van der Waals surface area (Å²) in [6, 6.07) is 25.7. The summed E-state index contributed by atoms with van der Waals surface area (Å²) < 4.78 is 0. The normalized spacial score (nSPS) is 12.9. The Bertz CT molecular complexity index is 1250. The Morgan fingerprint density at radius 3 is 2.07 bits per heavy atom. The molecule has 150 valence electrons. The van der Waals surface area contributed by atoms with Gasteiger partial charge in [-0.1, -0.05) is 48.5 Å². The molecule has 0 atom stereocenters. The van der Waals surface area contributed by atoms with Gasteiger partial charge in [0.05, 0.1) is 17.9 Å². The van der Waals surface area contributed by atoms with E-state index in [1.54, 1.807) is 0 Å². The maximum Gasteiger partial charge on any atom is 0.129 e. The fourth-order valence-electron chi connectivity index (χ4n) is 4.45. The first kappa shape index (κ1) is 18.5. The molecule has 0 bridgehead atoms. The number of hydrogen-bond acceptors (Lipinski definition) is 4. The van der Waals surface area contributed by atoms with E-state index in [-0.39, 0.29) is 0 Å². The molecule has 1 aliphatic heterocycles. The summed E-state index contributed by atoms with van der Waals surface area (Å²) in [5.41, 5.74) is 4.57. The van der Waals surface area contributed by atoms with Crippen molar-refractivity contribution in [1.29, 1.82) is 0 Å². The Kier molecular flexibility index (Phi) is 4.75. The quantitative estimate of drug-likeness (QED) is 0.397. The van der Waals surface area contributed by atoms with Crippen LogP contribution in [0.4, 0.5) is 22.7 Å². The Balaban J connectivity index is 1.53. The monoisotopic (exact) mass is 394 g/mol. The molecule has 0 aliphatic carbocycles. The van der Waals surface area contributed by atoms with Gasteiger partial charge in [-0.05, 0) is 48.9 Å². The van der Waals surface area contributed by atoms with Gasteiger partial charge in [-0.3, -0.25) is 0 Å². The molecule has 2 N–H and O–H groups in total. The molecule has 4 aromatic rings. The van der Waals surface area contributed by atoms with E-state index in [1.807, 2.05) is 0 Å². The molecule has 0 unspecified atom stereocenters. The zero-order valence-electron chi connectivity index (χ0n) is 17.4. The van der Waals surface area contributed by atoms with Gasteiger partial charge in [0.1, 0.15) is 5.84 Å². The van der Waals surface area contributed by atoms with E-state index in [9.17, 15) is 0 Å². The van der Waals surface area contributed by atoms with Crippen molar-refractivity contribution in [2.24, 2.45) is 4.99 Å². The first-order valence-corrected chi connectivity index (χ1v) is 10.7. The minimum atomic E-state index is 0.665. The molecule has 4 aromatic carbocycles. The maximum absolute atomic E-state index is 5.03. The predicted molar refractivity (Wildman–Crippen MR) is 131 cm³/mol. The van der Waals surface area contributed by atoms with Gasteiger partial charge < -0.3 is 15.5 Å². The SMILES string of the molecule is CCNc1cccc2cccc(NCC3=Nc4cccc5cccc(c45)N3CC)c12. The van der Waals surface area contributed by atoms with Crippen LogP contribution in [-0.2, 0) is 0 Å². The molecule has 0 aromatic heterocycles. The summed E-state index contributed by atoms with van der Waals surface area (Å²) in [5, 5.41) is 12.1. The molecule has 0 saturated heterocycles. The molecule has 1 aliphatic rings. The number of fused-ring (bicyclic) bond motifs is 1. The summed E-state index contributed by atoms with van der Waals surface area (Å²) >= 11 is 0. The van der Waals surface area contributed by atoms with E-state index in [2.05, 4.69) is 102 Å². The van der Waals surface area contributed by atoms with Crippen LogP contribution in [0.1, 0.15) is 13.8 Å². The summed E-state index contributed by atoms with van der Waals surface area (Å²) in [6.07, 6.45) is 0. The Morgan fingerprint density at radius 1 is 0.733 bits per heavy atom. The molecule has 4 nitrogen and oxygen atoms in total. The Labute approximate surface area is 177 Å². The molecule has 0 amide bonds. The third-order valence-corrected chi connectivity index (χ3v) is 5.74. The number of likely N-dealkylation sites (N-methyl/N-ethyl adjacent to an activating group) is 1. The number of amidine groups is 1. The Hall–Kier alpha value is -3.53. The van der Waals surface area contributed by atoms with Crippen LogP contribution in [0.2, 0.25) is 0 Å². The number of rotatable bonds is 6. The van der Waals surface area contributed by atoms with Crippen LogP contribution >= 0.6 is 0 Å². The van der Waals surface area contributed by atoms with Crippen LogP contribution in [0.25, 0.3) is 21.5 Å². The van der Waals surface area contributed by atoms with Crippen molar-refractivity contribution in [2.45, 2.75) is 13.8 Å². The lowest BCUT2D eigenvalue weighted by Gasteiger charge is -2.30. The van der Waals surface area contributed by atoms with E-state index < -0.39 is 0 Å². The molecule has 0 radical (unpaired) electrons. The van der Waals surface area contributed by atoms with Crippen LogP contribution in [-0.4, -0.2) is 25.5 Å². The van der Waals surface area contributed by atoms with Crippen LogP contribution < -0.4 is 15.5 Å². The van der Waals surface area contributed by atoms with Gasteiger partial charge in [0.25, 0.3) is 0 Å². The molecule has 30 heavy (non-hydrogen) atoms. The number of benzene rings is 4. The van der Waals surface area contributed by atoms with E-state index in [4.69, 9.17) is 4.99 Å². The van der Waals surface area contributed by atoms with E-state index in [0.29, 0.717) is 6.54 Å². The topological polar surface area (TPSA) is 39.7 Å². The molecule has 0 spiro atoms. The number of hydrogen-bond donors (Lipinski definition) is 2. The highest BCUT2D eigenvalue weighted by atomic mass is 15.2. The lowest BCUT2D eigenvalue weighted by Crippen LogP contribution is -2.37. The molecule has 1 heterocycles. The first-order valence-electron chi connectivity index (χ1n) is 10.7. The number of nitrogens with zero attached hydrogens (tertiary/aromatic N) is 2. The fraction of sp³-hybridized carbons (Fsp3) is 0.192. The van der Waals surface area contributed by atoms with Crippen molar-refractivity contribution in [2.75, 3.05) is 35.2 Å². The van der Waals surface area contributed by atoms with Gasteiger partial charge in [-0.2, -0.15) is 0 Å². The zero-order chi connectivity index (χ0) is 20.5. The number of anilines is 3. The van der Waals surface area contributed by atoms with Crippen molar-refractivity contribution in [3.8, 4) is 0 Å². The smallest absolute Gasteiger partial charge is 0.129 e. The first-order chi connectivity index (χ1) is 14.8. The minimum absolute atomic E-state index is 0.665.